The van der Waals surface area contributed by atoms with E-state index in [1.165, 1.54) is 0 Å². The minimum Gasteiger partial charge on any atom is -0.497 e. The SMILES string of the molecule is COc1cc(OC)cc(-c2nc(Cl)c(Br)c(C3CC3)n2)c1. The normalized spacial score (nSPS) is 14.1. The van der Waals surface area contributed by atoms with E-state index >= 15 is 0 Å². The quantitative estimate of drug-likeness (QED) is 0.747. The van der Waals surface area contributed by atoms with Crippen molar-refractivity contribution in [2.45, 2.75) is 18.8 Å². The van der Waals surface area contributed by atoms with Crippen LogP contribution in [0.5, 0.6) is 11.5 Å². The molecular weight excluding hydrogens is 356 g/mol. The first-order valence-electron chi connectivity index (χ1n) is 6.58. The number of hydrogen-bond acceptors (Lipinski definition) is 4. The Bertz CT molecular complexity index is 667. The maximum Gasteiger partial charge on any atom is 0.161 e. The summed E-state index contributed by atoms with van der Waals surface area (Å²) >= 11 is 9.71. The molecule has 2 aromatic rings. The first kappa shape index (κ1) is 14.6. The summed E-state index contributed by atoms with van der Waals surface area (Å²) < 4.78 is 11.4. The molecule has 1 fully saturated rings. The average molecular weight is 370 g/mol. The van der Waals surface area contributed by atoms with Crippen LogP contribution < -0.4 is 9.47 Å². The lowest BCUT2D eigenvalue weighted by molar-refractivity contribution is 0.394. The third-order valence-corrected chi connectivity index (χ3v) is 4.69. The third kappa shape index (κ3) is 2.99. The maximum atomic E-state index is 6.23. The van der Waals surface area contributed by atoms with Crippen LogP contribution in [0.1, 0.15) is 24.5 Å². The third-order valence-electron chi connectivity index (χ3n) is 3.41. The largest absolute Gasteiger partial charge is 0.497 e. The molecule has 0 N–H and O–H groups in total. The van der Waals surface area contributed by atoms with Gasteiger partial charge in [0.25, 0.3) is 0 Å². The molecule has 0 bridgehead atoms. The summed E-state index contributed by atoms with van der Waals surface area (Å²) in [6.07, 6.45) is 2.29. The minimum atomic E-state index is 0.434. The summed E-state index contributed by atoms with van der Waals surface area (Å²) in [6.45, 7) is 0. The van der Waals surface area contributed by atoms with Crippen molar-refractivity contribution in [1.82, 2.24) is 9.97 Å². The van der Waals surface area contributed by atoms with Gasteiger partial charge in [-0.25, -0.2) is 9.97 Å². The van der Waals surface area contributed by atoms with E-state index in [4.69, 9.17) is 21.1 Å². The molecule has 1 aliphatic rings. The molecule has 0 aliphatic heterocycles. The number of benzene rings is 1. The van der Waals surface area contributed by atoms with Gasteiger partial charge in [-0.3, -0.25) is 0 Å². The summed E-state index contributed by atoms with van der Waals surface area (Å²) in [4.78, 5) is 9.02. The fraction of sp³-hybridized carbons (Fsp3) is 0.333. The van der Waals surface area contributed by atoms with Crippen molar-refractivity contribution in [3.63, 3.8) is 0 Å². The van der Waals surface area contributed by atoms with Crippen molar-refractivity contribution in [1.29, 1.82) is 0 Å². The van der Waals surface area contributed by atoms with E-state index in [9.17, 15) is 0 Å². The van der Waals surface area contributed by atoms with E-state index in [0.29, 0.717) is 28.4 Å². The highest BCUT2D eigenvalue weighted by molar-refractivity contribution is 9.10. The molecule has 0 spiro atoms. The van der Waals surface area contributed by atoms with E-state index in [1.807, 2.05) is 18.2 Å². The molecule has 110 valence electrons. The van der Waals surface area contributed by atoms with Crippen LogP contribution >= 0.6 is 27.5 Å². The summed E-state index contributed by atoms with van der Waals surface area (Å²) in [7, 11) is 3.23. The predicted octanol–water partition coefficient (Wildman–Crippen LogP) is 4.45. The van der Waals surface area contributed by atoms with E-state index in [0.717, 1.165) is 28.6 Å². The number of rotatable bonds is 4. The topological polar surface area (TPSA) is 44.2 Å². The fourth-order valence-electron chi connectivity index (χ4n) is 2.13. The number of ether oxygens (including phenoxy) is 2. The van der Waals surface area contributed by atoms with Gasteiger partial charge in [0.2, 0.25) is 0 Å². The molecule has 4 nitrogen and oxygen atoms in total. The zero-order valence-electron chi connectivity index (χ0n) is 11.7. The second kappa shape index (κ2) is 5.81. The molecule has 1 aromatic carbocycles. The minimum absolute atomic E-state index is 0.434. The first-order chi connectivity index (χ1) is 10.1. The Kier molecular flexibility index (Phi) is 4.04. The van der Waals surface area contributed by atoms with Crippen LogP contribution in [0.3, 0.4) is 0 Å². The first-order valence-corrected chi connectivity index (χ1v) is 7.76. The summed E-state index contributed by atoms with van der Waals surface area (Å²) in [6, 6.07) is 5.56. The van der Waals surface area contributed by atoms with Gasteiger partial charge in [-0.05, 0) is 40.9 Å². The fourth-order valence-corrected chi connectivity index (χ4v) is 2.81. The monoisotopic (exact) mass is 368 g/mol. The average Bonchev–Trinajstić information content (AvgIpc) is 3.33. The van der Waals surface area contributed by atoms with Crippen LogP contribution in [0.4, 0.5) is 0 Å². The van der Waals surface area contributed by atoms with E-state index < -0.39 is 0 Å². The van der Waals surface area contributed by atoms with Crippen molar-refractivity contribution in [3.8, 4) is 22.9 Å². The molecular formula is C15H14BrClN2O2. The molecule has 0 amide bonds. The molecule has 0 atom stereocenters. The van der Waals surface area contributed by atoms with Gasteiger partial charge < -0.3 is 9.47 Å². The van der Waals surface area contributed by atoms with Crippen LogP contribution in [-0.4, -0.2) is 24.2 Å². The van der Waals surface area contributed by atoms with Crippen molar-refractivity contribution < 1.29 is 9.47 Å². The van der Waals surface area contributed by atoms with Crippen LogP contribution in [0.2, 0.25) is 5.15 Å². The highest BCUT2D eigenvalue weighted by Crippen LogP contribution is 2.44. The maximum absolute atomic E-state index is 6.23. The van der Waals surface area contributed by atoms with Gasteiger partial charge in [-0.1, -0.05) is 11.6 Å². The van der Waals surface area contributed by atoms with E-state index in [-0.39, 0.29) is 0 Å². The van der Waals surface area contributed by atoms with Gasteiger partial charge in [0.05, 0.1) is 24.4 Å². The van der Waals surface area contributed by atoms with Gasteiger partial charge in [0.15, 0.2) is 5.82 Å². The molecule has 1 heterocycles. The number of aromatic nitrogens is 2. The Morgan fingerprint density at radius 2 is 1.71 bits per heavy atom. The van der Waals surface area contributed by atoms with Crippen LogP contribution in [-0.2, 0) is 0 Å². The number of hydrogen-bond donors (Lipinski definition) is 0. The van der Waals surface area contributed by atoms with Crippen molar-refractivity contribution in [2.75, 3.05) is 14.2 Å². The predicted molar refractivity (Wildman–Crippen MR) is 85.3 cm³/mol. The zero-order chi connectivity index (χ0) is 15.0. The lowest BCUT2D eigenvalue weighted by Crippen LogP contribution is -1.98. The molecule has 1 aromatic heterocycles. The molecule has 1 saturated carbocycles. The van der Waals surface area contributed by atoms with Crippen molar-refractivity contribution >= 4 is 27.5 Å². The van der Waals surface area contributed by atoms with E-state index in [2.05, 4.69) is 25.9 Å². The standard InChI is InChI=1S/C15H14BrClN2O2/c1-20-10-5-9(6-11(7-10)21-2)15-18-13(8-3-4-8)12(16)14(17)19-15/h5-8H,3-4H2,1-2H3. The molecule has 0 saturated heterocycles. The highest BCUT2D eigenvalue weighted by Gasteiger charge is 2.29. The smallest absolute Gasteiger partial charge is 0.161 e. The van der Waals surface area contributed by atoms with Crippen LogP contribution in [0.25, 0.3) is 11.4 Å². The van der Waals surface area contributed by atoms with Crippen LogP contribution in [0, 0.1) is 0 Å². The lowest BCUT2D eigenvalue weighted by Gasteiger charge is -2.10. The second-order valence-electron chi connectivity index (χ2n) is 4.91. The van der Waals surface area contributed by atoms with Gasteiger partial charge >= 0.3 is 0 Å². The zero-order valence-corrected chi connectivity index (χ0v) is 14.0. The number of halogens is 2. The van der Waals surface area contributed by atoms with Gasteiger partial charge in [0, 0.05) is 17.5 Å². The van der Waals surface area contributed by atoms with Crippen molar-refractivity contribution in [3.05, 3.63) is 33.5 Å². The van der Waals surface area contributed by atoms with Gasteiger partial charge in [-0.2, -0.15) is 0 Å². The molecule has 0 unspecified atom stereocenters. The van der Waals surface area contributed by atoms with E-state index in [1.54, 1.807) is 14.2 Å². The molecule has 0 radical (unpaired) electrons. The molecule has 21 heavy (non-hydrogen) atoms. The lowest BCUT2D eigenvalue weighted by atomic mass is 10.1. The second-order valence-corrected chi connectivity index (χ2v) is 6.06. The molecule has 3 rings (SSSR count). The Morgan fingerprint density at radius 3 is 2.24 bits per heavy atom. The van der Waals surface area contributed by atoms with Gasteiger partial charge in [0.1, 0.15) is 16.7 Å². The Labute approximate surface area is 136 Å². The van der Waals surface area contributed by atoms with Crippen LogP contribution in [0.15, 0.2) is 22.7 Å². The Balaban J connectivity index is 2.11. The Morgan fingerprint density at radius 1 is 1.10 bits per heavy atom. The summed E-state index contributed by atoms with van der Waals surface area (Å²) in [5.41, 5.74) is 1.80. The Hall–Kier alpha value is -1.33. The van der Waals surface area contributed by atoms with Crippen molar-refractivity contribution in [2.24, 2.45) is 0 Å². The number of nitrogens with zero attached hydrogens (tertiary/aromatic N) is 2. The summed E-state index contributed by atoms with van der Waals surface area (Å²) in [5, 5.41) is 0.434. The molecule has 1 aliphatic carbocycles. The summed E-state index contributed by atoms with van der Waals surface area (Å²) in [5.74, 6) is 2.45. The highest BCUT2D eigenvalue weighted by atomic mass is 79.9. The van der Waals surface area contributed by atoms with Gasteiger partial charge in [-0.15, -0.1) is 0 Å². The molecule has 6 heteroatoms. The number of methoxy groups -OCH3 is 2.